The van der Waals surface area contributed by atoms with E-state index in [9.17, 15) is 0 Å². The lowest BCUT2D eigenvalue weighted by molar-refractivity contribution is 1.60. The summed E-state index contributed by atoms with van der Waals surface area (Å²) < 4.78 is 0. The van der Waals surface area contributed by atoms with Crippen LogP contribution in [0.1, 0.15) is 10.4 Å². The van der Waals surface area contributed by atoms with Crippen molar-refractivity contribution in [3.05, 3.63) is 26.9 Å². The Balaban J connectivity index is 2.94. The lowest BCUT2D eigenvalue weighted by atomic mass is 10.3. The van der Waals surface area contributed by atoms with Gasteiger partial charge in [0.1, 0.15) is 0 Å². The van der Waals surface area contributed by atoms with Gasteiger partial charge in [-0.2, -0.15) is 0 Å². The molecule has 0 saturated carbocycles. The van der Waals surface area contributed by atoms with Crippen LogP contribution in [0.4, 0.5) is 0 Å². The van der Waals surface area contributed by atoms with E-state index in [1.807, 2.05) is 11.1 Å². The molecule has 1 heterocycles. The van der Waals surface area contributed by atoms with Gasteiger partial charge in [0.25, 0.3) is 0 Å². The van der Waals surface area contributed by atoms with Crippen molar-refractivity contribution in [1.82, 2.24) is 0 Å². The number of rotatable bonds is 1. The van der Waals surface area contributed by atoms with E-state index in [1.54, 1.807) is 11.3 Å². The third-order valence-corrected chi connectivity index (χ3v) is 2.27. The molecule has 1 aromatic heterocycles. The number of hydrogen-bond donors (Lipinski definition) is 0. The summed E-state index contributed by atoms with van der Waals surface area (Å²) in [7, 11) is 0. The van der Waals surface area contributed by atoms with Gasteiger partial charge in [0.15, 0.2) is 0 Å². The second-order valence-electron chi connectivity index (χ2n) is 1.72. The van der Waals surface area contributed by atoms with Gasteiger partial charge < -0.3 is 0 Å². The van der Waals surface area contributed by atoms with Crippen molar-refractivity contribution in [3.8, 4) is 0 Å². The summed E-state index contributed by atoms with van der Waals surface area (Å²) in [4.78, 5) is 3.24. The fourth-order valence-corrected chi connectivity index (χ4v) is 1.61. The Morgan fingerprint density at radius 2 is 2.44 bits per heavy atom. The van der Waals surface area contributed by atoms with Crippen LogP contribution in [0.25, 0.3) is 6.08 Å². The maximum Gasteiger partial charge on any atom is 0.00867 e. The lowest BCUT2D eigenvalue weighted by Crippen LogP contribution is -1.64. The SMILES string of the molecule is Cc1sccc1/C=C/Br. The fraction of sp³-hybridized carbons (Fsp3) is 0.143. The van der Waals surface area contributed by atoms with E-state index in [2.05, 4.69) is 34.3 Å². The van der Waals surface area contributed by atoms with E-state index in [0.717, 1.165) is 0 Å². The zero-order valence-electron chi connectivity index (χ0n) is 5.10. The summed E-state index contributed by atoms with van der Waals surface area (Å²) in [5.41, 5.74) is 1.30. The highest BCUT2D eigenvalue weighted by molar-refractivity contribution is 9.11. The van der Waals surface area contributed by atoms with Crippen LogP contribution in [-0.2, 0) is 0 Å². The lowest BCUT2D eigenvalue weighted by Gasteiger charge is -1.84. The Kier molecular flexibility index (Phi) is 2.49. The molecule has 0 radical (unpaired) electrons. The van der Waals surface area contributed by atoms with Crippen LogP contribution < -0.4 is 0 Å². The van der Waals surface area contributed by atoms with Gasteiger partial charge in [-0.3, -0.25) is 0 Å². The van der Waals surface area contributed by atoms with Gasteiger partial charge in [0.05, 0.1) is 0 Å². The molecule has 0 unspecified atom stereocenters. The molecule has 0 spiro atoms. The van der Waals surface area contributed by atoms with Crippen molar-refractivity contribution in [3.63, 3.8) is 0 Å². The molecule has 0 N–H and O–H groups in total. The molecule has 0 aliphatic rings. The van der Waals surface area contributed by atoms with Crippen molar-refractivity contribution < 1.29 is 0 Å². The zero-order chi connectivity index (χ0) is 6.69. The first-order valence-electron chi connectivity index (χ1n) is 2.65. The molecule has 0 aliphatic heterocycles. The summed E-state index contributed by atoms with van der Waals surface area (Å²) in [5.74, 6) is 0. The van der Waals surface area contributed by atoms with Gasteiger partial charge in [-0.15, -0.1) is 11.3 Å². The van der Waals surface area contributed by atoms with Gasteiger partial charge in [-0.05, 0) is 35.0 Å². The predicted molar refractivity (Wildman–Crippen MR) is 47.0 cm³/mol. The number of hydrogen-bond acceptors (Lipinski definition) is 1. The normalized spacial score (nSPS) is 10.9. The third kappa shape index (κ3) is 1.66. The summed E-state index contributed by atoms with van der Waals surface area (Å²) in [6, 6.07) is 2.11. The Bertz CT molecular complexity index is 212. The molecule has 0 bridgehead atoms. The topological polar surface area (TPSA) is 0 Å². The summed E-state index contributed by atoms with van der Waals surface area (Å²) >= 11 is 5.00. The maximum absolute atomic E-state index is 3.23. The minimum Gasteiger partial charge on any atom is -0.149 e. The Morgan fingerprint density at radius 3 is 2.89 bits per heavy atom. The standard InChI is InChI=1S/C7H7BrS/c1-6-7(2-4-8)3-5-9-6/h2-5H,1H3/b4-2+. The van der Waals surface area contributed by atoms with E-state index in [1.165, 1.54) is 10.4 Å². The van der Waals surface area contributed by atoms with E-state index in [0.29, 0.717) is 0 Å². The van der Waals surface area contributed by atoms with Gasteiger partial charge >= 0.3 is 0 Å². The Hall–Kier alpha value is -0.0800. The van der Waals surface area contributed by atoms with Gasteiger partial charge in [0, 0.05) is 4.88 Å². The predicted octanol–water partition coefficient (Wildman–Crippen LogP) is 3.42. The maximum atomic E-state index is 3.23. The molecule has 0 saturated heterocycles. The minimum absolute atomic E-state index is 1.30. The molecule has 48 valence electrons. The molecule has 0 amide bonds. The van der Waals surface area contributed by atoms with Crippen molar-refractivity contribution in [2.45, 2.75) is 6.92 Å². The molecule has 1 rings (SSSR count). The first kappa shape index (κ1) is 7.03. The second-order valence-corrected chi connectivity index (χ2v) is 3.37. The molecule has 0 fully saturated rings. The molecule has 2 heteroatoms. The van der Waals surface area contributed by atoms with Crippen LogP contribution in [-0.4, -0.2) is 0 Å². The van der Waals surface area contributed by atoms with Gasteiger partial charge in [-0.25, -0.2) is 0 Å². The van der Waals surface area contributed by atoms with Crippen LogP contribution in [0.15, 0.2) is 16.4 Å². The largest absolute Gasteiger partial charge is 0.149 e. The van der Waals surface area contributed by atoms with Crippen molar-refractivity contribution in [2.24, 2.45) is 0 Å². The van der Waals surface area contributed by atoms with E-state index < -0.39 is 0 Å². The van der Waals surface area contributed by atoms with Gasteiger partial charge in [-0.1, -0.05) is 15.9 Å². The third-order valence-electron chi connectivity index (χ3n) is 1.14. The van der Waals surface area contributed by atoms with Crippen LogP contribution in [0.5, 0.6) is 0 Å². The van der Waals surface area contributed by atoms with Crippen LogP contribution in [0.3, 0.4) is 0 Å². The van der Waals surface area contributed by atoms with E-state index in [-0.39, 0.29) is 0 Å². The monoisotopic (exact) mass is 202 g/mol. The minimum atomic E-state index is 1.30. The molecular formula is C7H7BrS. The van der Waals surface area contributed by atoms with Crippen molar-refractivity contribution in [2.75, 3.05) is 0 Å². The second kappa shape index (κ2) is 3.18. The Morgan fingerprint density at radius 1 is 1.67 bits per heavy atom. The smallest absolute Gasteiger partial charge is 0.00867 e. The number of thiophene rings is 1. The highest BCUT2D eigenvalue weighted by Crippen LogP contribution is 2.16. The molecule has 0 aliphatic carbocycles. The first-order chi connectivity index (χ1) is 4.34. The average molecular weight is 203 g/mol. The fourth-order valence-electron chi connectivity index (χ4n) is 0.636. The quantitative estimate of drug-likeness (QED) is 0.655. The van der Waals surface area contributed by atoms with E-state index >= 15 is 0 Å². The molecule has 0 atom stereocenters. The molecule has 0 aromatic carbocycles. The van der Waals surface area contributed by atoms with Crippen molar-refractivity contribution >= 4 is 33.3 Å². The number of aryl methyl sites for hydroxylation is 1. The Labute approximate surface area is 67.3 Å². The molecular weight excluding hydrogens is 196 g/mol. The van der Waals surface area contributed by atoms with Crippen LogP contribution >= 0.6 is 27.3 Å². The van der Waals surface area contributed by atoms with Crippen molar-refractivity contribution in [1.29, 1.82) is 0 Å². The zero-order valence-corrected chi connectivity index (χ0v) is 7.50. The van der Waals surface area contributed by atoms with Crippen LogP contribution in [0, 0.1) is 6.92 Å². The molecule has 1 aromatic rings. The highest BCUT2D eigenvalue weighted by atomic mass is 79.9. The summed E-state index contributed by atoms with van der Waals surface area (Å²) in [6.07, 6.45) is 2.05. The highest BCUT2D eigenvalue weighted by Gasteiger charge is 1.91. The van der Waals surface area contributed by atoms with Crippen LogP contribution in [0.2, 0.25) is 0 Å². The first-order valence-corrected chi connectivity index (χ1v) is 4.45. The van der Waals surface area contributed by atoms with E-state index in [4.69, 9.17) is 0 Å². The molecule has 9 heavy (non-hydrogen) atoms. The van der Waals surface area contributed by atoms with Gasteiger partial charge in [0.2, 0.25) is 0 Å². The number of halogens is 1. The average Bonchev–Trinajstić information content (AvgIpc) is 2.18. The molecule has 0 nitrogen and oxygen atoms in total. The summed E-state index contributed by atoms with van der Waals surface area (Å²) in [5, 5.41) is 2.09. The summed E-state index contributed by atoms with van der Waals surface area (Å²) in [6.45, 7) is 2.12.